The molecule has 0 spiro atoms. The average molecular weight is 691 g/mol. The fourth-order valence-electron chi connectivity index (χ4n) is 0.236. The summed E-state index contributed by atoms with van der Waals surface area (Å²) in [4.78, 5) is 0. The van der Waals surface area contributed by atoms with Gasteiger partial charge in [0.2, 0.25) is 0 Å². The van der Waals surface area contributed by atoms with Crippen molar-refractivity contribution in [3.05, 3.63) is 32.7 Å². The molecule has 5 radical (unpaired) electrons. The van der Waals surface area contributed by atoms with Crippen LogP contribution in [-0.4, -0.2) is 12.6 Å². The van der Waals surface area contributed by atoms with Crippen LogP contribution < -0.4 is 0 Å². The molecule has 0 rings (SSSR count). The molecule has 0 aromatic heterocycles. The summed E-state index contributed by atoms with van der Waals surface area (Å²) in [6.07, 6.45) is 0.750. The van der Waals surface area contributed by atoms with Gasteiger partial charge in [-0.2, -0.15) is 12.6 Å². The summed E-state index contributed by atoms with van der Waals surface area (Å²) >= 11 is 0. The van der Waals surface area contributed by atoms with Gasteiger partial charge in [-0.25, -0.2) is 0 Å². The van der Waals surface area contributed by atoms with E-state index in [2.05, 4.69) is 13.8 Å². The standard InChI is InChI=1S/C5H12N2.C3H6.CH3.6Y/c1-4(2)5(7)3-6;1-3-2;;;;;;;/h4-7H,3H2,1-2H3;1-3H2;1H3;;;;;;/q2*-2;-1;;;;;;+3. The van der Waals surface area contributed by atoms with Gasteiger partial charge >= 0.3 is 32.7 Å². The Balaban J connectivity index is -0.00000000849. The van der Waals surface area contributed by atoms with Crippen LogP contribution in [0.15, 0.2) is 0 Å². The molecule has 87 valence electrons. The van der Waals surface area contributed by atoms with Crippen molar-refractivity contribution in [3.63, 3.8) is 0 Å². The minimum atomic E-state index is -0.181. The second-order valence-corrected chi connectivity index (χ2v) is 2.41. The fraction of sp³-hybridized carbons (Fsp3) is 0.667. The second kappa shape index (κ2) is 49.5. The molecule has 0 aromatic rings. The van der Waals surface area contributed by atoms with Crippen molar-refractivity contribution in [1.82, 2.24) is 0 Å². The molecule has 0 saturated carbocycles. The van der Waals surface area contributed by atoms with E-state index in [-0.39, 0.29) is 216 Å². The van der Waals surface area contributed by atoms with Gasteiger partial charge in [-0.3, -0.25) is 0 Å². The molecule has 0 aliphatic rings. The van der Waals surface area contributed by atoms with Crippen LogP contribution in [-0.2, 0) is 196 Å². The number of hydrogen-bond donors (Lipinski definition) is 0. The van der Waals surface area contributed by atoms with Gasteiger partial charge in [-0.05, 0) is 0 Å². The van der Waals surface area contributed by atoms with Gasteiger partial charge in [-0.1, -0.05) is 19.8 Å². The first kappa shape index (κ1) is 56.6. The number of nitrogens with one attached hydrogen (secondary N) is 2. The summed E-state index contributed by atoms with van der Waals surface area (Å²) in [7, 11) is 0. The quantitative estimate of drug-likeness (QED) is 0.398. The monoisotopic (exact) mass is 691 g/mol. The van der Waals surface area contributed by atoms with Gasteiger partial charge in [0.05, 0.1) is 0 Å². The smallest absolute Gasteiger partial charge is 0.679 e. The average Bonchev–Trinajstić information content (AvgIpc) is 1.88. The molecule has 2 nitrogen and oxygen atoms in total. The SMILES string of the molecule is CC(C)C([NH-])C[NH-].[CH2-]C[CH2-].[CH3-].[Y+3].[Y].[Y].[Y].[Y].[Y]. The van der Waals surface area contributed by atoms with Crippen molar-refractivity contribution in [3.8, 4) is 0 Å². The third-order valence-corrected chi connectivity index (χ3v) is 1.02. The molecule has 0 aliphatic heterocycles. The largest absolute Gasteiger partial charge is 3.00 e. The van der Waals surface area contributed by atoms with E-state index in [4.69, 9.17) is 11.5 Å². The third-order valence-electron chi connectivity index (χ3n) is 1.02. The second-order valence-electron chi connectivity index (χ2n) is 2.41. The van der Waals surface area contributed by atoms with Gasteiger partial charge in [0, 0.05) is 164 Å². The maximum atomic E-state index is 7.09. The van der Waals surface area contributed by atoms with Crippen molar-refractivity contribution in [2.24, 2.45) is 5.92 Å². The summed E-state index contributed by atoms with van der Waals surface area (Å²) in [6.45, 7) is 10.9. The molecule has 8 heteroatoms. The van der Waals surface area contributed by atoms with Crippen LogP contribution in [0.25, 0.3) is 11.5 Å². The Bertz CT molecular complexity index is 69.4. The van der Waals surface area contributed by atoms with Crippen molar-refractivity contribution in [1.29, 1.82) is 0 Å². The molecule has 1 atom stereocenters. The van der Waals surface area contributed by atoms with Crippen molar-refractivity contribution in [2.75, 3.05) is 6.54 Å². The Morgan fingerprint density at radius 1 is 0.941 bits per heavy atom. The van der Waals surface area contributed by atoms with E-state index < -0.39 is 0 Å². The first-order chi connectivity index (χ1) is 4.59. The molecule has 1 unspecified atom stereocenters. The van der Waals surface area contributed by atoms with Crippen molar-refractivity contribution >= 4 is 0 Å². The molecule has 2 N–H and O–H groups in total. The maximum Gasteiger partial charge on any atom is 3.00 e. The van der Waals surface area contributed by atoms with Crippen LogP contribution in [0.3, 0.4) is 0 Å². The first-order valence-corrected chi connectivity index (χ1v) is 3.54. The van der Waals surface area contributed by atoms with Gasteiger partial charge < -0.3 is 39.2 Å². The molecule has 0 aliphatic carbocycles. The van der Waals surface area contributed by atoms with Crippen LogP contribution in [0.2, 0.25) is 0 Å². The minimum Gasteiger partial charge on any atom is -0.679 e. The van der Waals surface area contributed by atoms with E-state index in [1.54, 1.807) is 0 Å². The van der Waals surface area contributed by atoms with Gasteiger partial charge in [0.15, 0.2) is 0 Å². The summed E-state index contributed by atoms with van der Waals surface area (Å²) in [5.41, 5.74) is 13.8. The van der Waals surface area contributed by atoms with E-state index >= 15 is 0 Å². The minimum absolute atomic E-state index is 0. The molecule has 17 heavy (non-hydrogen) atoms. The number of hydrogen-bond acceptors (Lipinski definition) is 0. The van der Waals surface area contributed by atoms with Crippen LogP contribution in [0.5, 0.6) is 0 Å². The van der Waals surface area contributed by atoms with Gasteiger partial charge in [0.1, 0.15) is 0 Å². The Kier molecular flexibility index (Phi) is 165. The Morgan fingerprint density at radius 3 is 1.12 bits per heavy atom. The molecule has 0 heterocycles. The van der Waals surface area contributed by atoms with Gasteiger partial charge in [-0.15, -0.1) is 0 Å². The summed E-state index contributed by atoms with van der Waals surface area (Å²) in [6, 6.07) is -0.181. The molecule has 0 amide bonds. The van der Waals surface area contributed by atoms with Crippen LogP contribution in [0.1, 0.15) is 20.3 Å². The number of rotatable bonds is 2. The van der Waals surface area contributed by atoms with Crippen LogP contribution in [0, 0.1) is 27.2 Å². The van der Waals surface area contributed by atoms with E-state index in [1.807, 2.05) is 13.8 Å². The van der Waals surface area contributed by atoms with E-state index in [1.165, 1.54) is 0 Å². The van der Waals surface area contributed by atoms with E-state index in [0.717, 1.165) is 6.42 Å². The third kappa shape index (κ3) is 60.5. The van der Waals surface area contributed by atoms with Gasteiger partial charge in [0.25, 0.3) is 0 Å². The van der Waals surface area contributed by atoms with Crippen molar-refractivity contribution < 1.29 is 196 Å². The predicted octanol–water partition coefficient (Wildman–Crippen LogP) is 3.60. The summed E-state index contributed by atoms with van der Waals surface area (Å²) in [5, 5.41) is 0. The fourth-order valence-corrected chi connectivity index (χ4v) is 0.236. The van der Waals surface area contributed by atoms with E-state index in [9.17, 15) is 0 Å². The Morgan fingerprint density at radius 2 is 1.12 bits per heavy atom. The molecule has 0 bridgehead atoms. The zero-order chi connectivity index (χ0) is 8.57. The Hall–Kier alpha value is 6.54. The maximum absolute atomic E-state index is 7.09. The molecule has 0 aromatic carbocycles. The molecular weight excluding hydrogens is 670 g/mol. The first-order valence-electron chi connectivity index (χ1n) is 3.54. The topological polar surface area (TPSA) is 47.6 Å². The molecular formula is C9H21N2Y6-2. The predicted molar refractivity (Wildman–Crippen MR) is 53.9 cm³/mol. The zero-order valence-electron chi connectivity index (χ0n) is 11.4. The van der Waals surface area contributed by atoms with E-state index in [0.29, 0.717) is 5.92 Å². The van der Waals surface area contributed by atoms with Crippen LogP contribution >= 0.6 is 0 Å². The summed E-state index contributed by atoms with van der Waals surface area (Å²) < 4.78 is 0. The zero-order valence-corrected chi connectivity index (χ0v) is 28.5. The molecule has 0 saturated heterocycles. The Labute approximate surface area is 261 Å². The summed E-state index contributed by atoms with van der Waals surface area (Å²) in [5.74, 6) is 0.345. The van der Waals surface area contributed by atoms with Crippen LogP contribution in [0.4, 0.5) is 0 Å². The normalized spacial score (nSPS) is 7.24. The van der Waals surface area contributed by atoms with Crippen molar-refractivity contribution in [2.45, 2.75) is 26.3 Å². The molecule has 0 fully saturated rings.